The van der Waals surface area contributed by atoms with E-state index in [-0.39, 0.29) is 23.8 Å². The fourth-order valence-electron chi connectivity index (χ4n) is 2.74. The van der Waals surface area contributed by atoms with Crippen LogP contribution in [0.15, 0.2) is 24.3 Å². The van der Waals surface area contributed by atoms with E-state index in [1.165, 1.54) is 18.2 Å². The number of ether oxygens (including phenoxy) is 1. The Kier molecular flexibility index (Phi) is 5.61. The molecule has 0 bridgehead atoms. The van der Waals surface area contributed by atoms with Crippen molar-refractivity contribution in [1.29, 1.82) is 0 Å². The zero-order valence-corrected chi connectivity index (χ0v) is 14.7. The number of nitro benzene ring substituents is 1. The van der Waals surface area contributed by atoms with Crippen molar-refractivity contribution in [2.24, 2.45) is 0 Å². The number of nitrogens with one attached hydrogen (secondary N) is 1. The van der Waals surface area contributed by atoms with Crippen LogP contribution in [0.3, 0.4) is 0 Å². The van der Waals surface area contributed by atoms with Gasteiger partial charge < -0.3 is 15.0 Å². The molecule has 1 heterocycles. The van der Waals surface area contributed by atoms with E-state index in [9.17, 15) is 19.7 Å². The van der Waals surface area contributed by atoms with Crippen molar-refractivity contribution >= 4 is 17.7 Å². The molecule has 0 unspecified atom stereocenters. The SMILES string of the molecule is CC(C)(C)OC(=O)N1CCC[C@@H]1CNC(=O)c1ccccc1[N+](=O)[O-]. The summed E-state index contributed by atoms with van der Waals surface area (Å²) in [7, 11) is 0. The zero-order valence-electron chi connectivity index (χ0n) is 14.7. The van der Waals surface area contributed by atoms with Gasteiger partial charge in [-0.2, -0.15) is 0 Å². The van der Waals surface area contributed by atoms with Gasteiger partial charge in [-0.05, 0) is 39.7 Å². The number of benzene rings is 1. The van der Waals surface area contributed by atoms with Crippen molar-refractivity contribution in [3.63, 3.8) is 0 Å². The predicted molar refractivity (Wildman–Crippen MR) is 91.4 cm³/mol. The van der Waals surface area contributed by atoms with Crippen LogP contribution in [0, 0.1) is 10.1 Å². The molecule has 1 N–H and O–H groups in total. The molecule has 8 nitrogen and oxygen atoms in total. The first kappa shape index (κ1) is 18.7. The topological polar surface area (TPSA) is 102 Å². The molecule has 1 aromatic carbocycles. The highest BCUT2D eigenvalue weighted by atomic mass is 16.6. The van der Waals surface area contributed by atoms with E-state index in [0.717, 1.165) is 12.8 Å². The summed E-state index contributed by atoms with van der Waals surface area (Å²) < 4.78 is 5.38. The van der Waals surface area contributed by atoms with Crippen molar-refractivity contribution in [3.05, 3.63) is 39.9 Å². The monoisotopic (exact) mass is 349 g/mol. The van der Waals surface area contributed by atoms with E-state index >= 15 is 0 Å². The molecule has 25 heavy (non-hydrogen) atoms. The molecule has 1 fully saturated rings. The summed E-state index contributed by atoms with van der Waals surface area (Å²) in [5, 5.41) is 13.7. The second-order valence-corrected chi connectivity index (χ2v) is 6.95. The first-order valence-electron chi connectivity index (χ1n) is 8.20. The van der Waals surface area contributed by atoms with E-state index in [4.69, 9.17) is 4.74 Å². The fourth-order valence-corrected chi connectivity index (χ4v) is 2.74. The Balaban J connectivity index is 1.99. The Bertz CT molecular complexity index is 668. The minimum absolute atomic E-state index is 0.00862. The fraction of sp³-hybridized carbons (Fsp3) is 0.529. The molecule has 2 rings (SSSR count). The van der Waals surface area contributed by atoms with E-state index in [2.05, 4.69) is 5.32 Å². The molecule has 1 saturated heterocycles. The van der Waals surface area contributed by atoms with Gasteiger partial charge in [0.25, 0.3) is 11.6 Å². The van der Waals surface area contributed by atoms with Gasteiger partial charge >= 0.3 is 6.09 Å². The third-order valence-corrected chi connectivity index (χ3v) is 3.85. The van der Waals surface area contributed by atoms with Crippen LogP contribution in [-0.2, 0) is 4.74 Å². The summed E-state index contributed by atoms with van der Waals surface area (Å²) in [6.07, 6.45) is 1.16. The molecule has 0 saturated carbocycles. The largest absolute Gasteiger partial charge is 0.444 e. The summed E-state index contributed by atoms with van der Waals surface area (Å²) in [6, 6.07) is 5.60. The third-order valence-electron chi connectivity index (χ3n) is 3.85. The van der Waals surface area contributed by atoms with Crippen LogP contribution >= 0.6 is 0 Å². The van der Waals surface area contributed by atoms with Crippen molar-refractivity contribution in [2.45, 2.75) is 45.3 Å². The smallest absolute Gasteiger partial charge is 0.410 e. The van der Waals surface area contributed by atoms with Crippen molar-refractivity contribution in [2.75, 3.05) is 13.1 Å². The van der Waals surface area contributed by atoms with Crippen LogP contribution in [-0.4, -0.2) is 46.6 Å². The van der Waals surface area contributed by atoms with Gasteiger partial charge in [0.2, 0.25) is 0 Å². The van der Waals surface area contributed by atoms with Crippen LogP contribution < -0.4 is 5.32 Å². The summed E-state index contributed by atoms with van der Waals surface area (Å²) in [5.41, 5.74) is -0.817. The number of carbonyl (C=O) groups excluding carboxylic acids is 2. The lowest BCUT2D eigenvalue weighted by Gasteiger charge is -2.28. The van der Waals surface area contributed by atoms with Gasteiger partial charge in [-0.25, -0.2) is 4.79 Å². The number of nitro groups is 1. The maximum Gasteiger partial charge on any atom is 0.410 e. The van der Waals surface area contributed by atoms with Crippen molar-refractivity contribution in [3.8, 4) is 0 Å². The Hall–Kier alpha value is -2.64. The zero-order chi connectivity index (χ0) is 18.6. The Labute approximate surface area is 146 Å². The van der Waals surface area contributed by atoms with Crippen LogP contribution in [0.25, 0.3) is 0 Å². The highest BCUT2D eigenvalue weighted by Crippen LogP contribution is 2.21. The number of amides is 2. The lowest BCUT2D eigenvalue weighted by atomic mass is 10.1. The molecular formula is C17H23N3O5. The molecule has 0 aromatic heterocycles. The van der Waals surface area contributed by atoms with Gasteiger partial charge in [0.15, 0.2) is 0 Å². The quantitative estimate of drug-likeness (QED) is 0.665. The van der Waals surface area contributed by atoms with Crippen LogP contribution in [0.5, 0.6) is 0 Å². The standard InChI is InChI=1S/C17H23N3O5/c1-17(2,3)25-16(22)19-10-6-7-12(19)11-18-15(21)13-8-4-5-9-14(13)20(23)24/h4-5,8-9,12H,6-7,10-11H2,1-3H3,(H,18,21)/t12-/m1/s1. The van der Waals surface area contributed by atoms with Crippen molar-refractivity contribution in [1.82, 2.24) is 10.2 Å². The van der Waals surface area contributed by atoms with Crippen molar-refractivity contribution < 1.29 is 19.2 Å². The Morgan fingerprint density at radius 3 is 2.68 bits per heavy atom. The number of nitrogens with zero attached hydrogens (tertiary/aromatic N) is 2. The van der Waals surface area contributed by atoms with E-state index in [1.54, 1.807) is 31.7 Å². The second-order valence-electron chi connectivity index (χ2n) is 6.95. The van der Waals surface area contributed by atoms with Gasteiger partial charge in [0, 0.05) is 19.2 Å². The first-order chi connectivity index (χ1) is 11.7. The van der Waals surface area contributed by atoms with Crippen LogP contribution in [0.2, 0.25) is 0 Å². The minimum atomic E-state index is -0.586. The second kappa shape index (κ2) is 7.50. The molecule has 1 aliphatic rings. The molecule has 8 heteroatoms. The average Bonchev–Trinajstić information content (AvgIpc) is 2.99. The van der Waals surface area contributed by atoms with Gasteiger partial charge in [0.1, 0.15) is 11.2 Å². The lowest BCUT2D eigenvalue weighted by Crippen LogP contribution is -2.45. The van der Waals surface area contributed by atoms with E-state index < -0.39 is 22.5 Å². The average molecular weight is 349 g/mol. The number of hydrogen-bond acceptors (Lipinski definition) is 5. The van der Waals surface area contributed by atoms with Gasteiger partial charge in [-0.1, -0.05) is 12.1 Å². The molecule has 1 atom stereocenters. The molecule has 2 amide bonds. The van der Waals surface area contributed by atoms with Gasteiger partial charge in [-0.3, -0.25) is 14.9 Å². The lowest BCUT2D eigenvalue weighted by molar-refractivity contribution is -0.385. The maximum absolute atomic E-state index is 12.3. The summed E-state index contributed by atoms with van der Waals surface area (Å²) in [6.45, 7) is 6.19. The van der Waals surface area contributed by atoms with Crippen LogP contribution in [0.1, 0.15) is 44.0 Å². The van der Waals surface area contributed by atoms with Gasteiger partial charge in [-0.15, -0.1) is 0 Å². The summed E-state index contributed by atoms with van der Waals surface area (Å²) in [5.74, 6) is -0.525. The molecule has 136 valence electrons. The Morgan fingerprint density at radius 1 is 1.36 bits per heavy atom. The molecule has 0 spiro atoms. The maximum atomic E-state index is 12.3. The highest BCUT2D eigenvalue weighted by molar-refractivity contribution is 5.98. The first-order valence-corrected chi connectivity index (χ1v) is 8.20. The molecule has 0 aliphatic carbocycles. The predicted octanol–water partition coefficient (Wildman–Crippen LogP) is 2.72. The van der Waals surface area contributed by atoms with E-state index in [1.807, 2.05) is 0 Å². The number of likely N-dealkylation sites (tertiary alicyclic amines) is 1. The van der Waals surface area contributed by atoms with E-state index in [0.29, 0.717) is 6.54 Å². The van der Waals surface area contributed by atoms with Gasteiger partial charge in [0.05, 0.1) is 11.0 Å². The number of hydrogen-bond donors (Lipinski definition) is 1. The number of rotatable bonds is 4. The third kappa shape index (κ3) is 4.91. The Morgan fingerprint density at radius 2 is 2.04 bits per heavy atom. The molecule has 1 aliphatic heterocycles. The highest BCUT2D eigenvalue weighted by Gasteiger charge is 2.32. The normalized spacial score (nSPS) is 17.2. The summed E-state index contributed by atoms with van der Waals surface area (Å²) in [4.78, 5) is 36.5. The minimum Gasteiger partial charge on any atom is -0.444 e. The number of carbonyl (C=O) groups is 2. The number of para-hydroxylation sites is 1. The summed E-state index contributed by atoms with van der Waals surface area (Å²) >= 11 is 0. The molecule has 0 radical (unpaired) electrons. The van der Waals surface area contributed by atoms with Crippen LogP contribution in [0.4, 0.5) is 10.5 Å². The molecule has 1 aromatic rings. The molecular weight excluding hydrogens is 326 g/mol.